The molecule has 1 amide bonds. The number of hydrogen-bond donors (Lipinski definition) is 0. The van der Waals surface area contributed by atoms with E-state index in [-0.39, 0.29) is 28.8 Å². The summed E-state index contributed by atoms with van der Waals surface area (Å²) in [5.41, 5.74) is 1.35. The van der Waals surface area contributed by atoms with E-state index in [0.717, 1.165) is 31.4 Å². The summed E-state index contributed by atoms with van der Waals surface area (Å²) in [6.45, 7) is 1.09. The molecule has 2 fully saturated rings. The third-order valence-corrected chi connectivity index (χ3v) is 7.31. The molecule has 0 N–H and O–H groups in total. The van der Waals surface area contributed by atoms with E-state index in [1.165, 1.54) is 0 Å². The Labute approximate surface area is 183 Å². The Morgan fingerprint density at radius 1 is 1.23 bits per heavy atom. The van der Waals surface area contributed by atoms with Gasteiger partial charge in [0.1, 0.15) is 5.75 Å². The van der Waals surface area contributed by atoms with Gasteiger partial charge in [-0.15, -0.1) is 0 Å². The quantitative estimate of drug-likeness (QED) is 0.525. The largest absolute Gasteiger partial charge is 0.497 e. The molecule has 0 atom stereocenters. The van der Waals surface area contributed by atoms with E-state index in [4.69, 9.17) is 9.47 Å². The van der Waals surface area contributed by atoms with Crippen LogP contribution in [-0.4, -0.2) is 55.6 Å². The SMILES string of the molecule is COCCn1c(CN(C(=O)C2CC2)C2CC2)cnc1S(=O)(=O)Cc1cccc(OC)c1. The molecule has 0 radical (unpaired) electrons. The summed E-state index contributed by atoms with van der Waals surface area (Å²) in [5, 5.41) is 0.0111. The first-order valence-electron chi connectivity index (χ1n) is 10.6. The van der Waals surface area contributed by atoms with Gasteiger partial charge in [-0.3, -0.25) is 4.79 Å². The fourth-order valence-electron chi connectivity index (χ4n) is 3.75. The smallest absolute Gasteiger partial charge is 0.228 e. The fraction of sp³-hybridized carbons (Fsp3) is 0.545. The standard InChI is InChI=1S/C22H29N3O5S/c1-29-11-10-24-19(14-25(18-8-9-18)21(26)17-6-7-17)13-23-22(24)31(27,28)15-16-4-3-5-20(12-16)30-2/h3-5,12-13,17-18H,6-11,14-15H2,1-2H3. The molecular weight excluding hydrogens is 418 g/mol. The molecule has 168 valence electrons. The molecule has 8 nitrogen and oxygen atoms in total. The van der Waals surface area contributed by atoms with E-state index in [2.05, 4.69) is 4.98 Å². The van der Waals surface area contributed by atoms with Gasteiger partial charge >= 0.3 is 0 Å². The van der Waals surface area contributed by atoms with Crippen LogP contribution in [0.5, 0.6) is 5.75 Å². The van der Waals surface area contributed by atoms with Gasteiger partial charge in [0.2, 0.25) is 20.9 Å². The van der Waals surface area contributed by atoms with Gasteiger partial charge in [-0.2, -0.15) is 0 Å². The van der Waals surface area contributed by atoms with E-state index in [1.54, 1.807) is 49.2 Å². The van der Waals surface area contributed by atoms with E-state index in [0.29, 0.717) is 31.0 Å². The van der Waals surface area contributed by atoms with Crippen molar-refractivity contribution in [2.24, 2.45) is 5.92 Å². The van der Waals surface area contributed by atoms with Crippen molar-refractivity contribution in [3.05, 3.63) is 41.7 Å². The lowest BCUT2D eigenvalue weighted by Crippen LogP contribution is -2.34. The number of benzene rings is 1. The van der Waals surface area contributed by atoms with Crippen LogP contribution in [-0.2, 0) is 38.2 Å². The highest BCUT2D eigenvalue weighted by Gasteiger charge is 2.40. The average Bonchev–Trinajstić information content (AvgIpc) is 3.67. The highest BCUT2D eigenvalue weighted by atomic mass is 32.2. The Hall–Kier alpha value is -2.39. The number of nitrogens with zero attached hydrogens (tertiary/aromatic N) is 3. The maximum absolute atomic E-state index is 13.2. The van der Waals surface area contributed by atoms with Crippen molar-refractivity contribution in [2.75, 3.05) is 20.8 Å². The van der Waals surface area contributed by atoms with Crippen LogP contribution in [0.4, 0.5) is 0 Å². The first kappa shape index (κ1) is 21.8. The van der Waals surface area contributed by atoms with Gasteiger partial charge in [-0.1, -0.05) is 12.1 Å². The Morgan fingerprint density at radius 2 is 2.00 bits per heavy atom. The third kappa shape index (κ3) is 5.10. The summed E-state index contributed by atoms with van der Waals surface area (Å²) in [4.78, 5) is 19.0. The van der Waals surface area contributed by atoms with Crippen LogP contribution in [0.25, 0.3) is 0 Å². The minimum Gasteiger partial charge on any atom is -0.497 e. The molecule has 2 aliphatic carbocycles. The highest BCUT2D eigenvalue weighted by Crippen LogP contribution is 2.37. The molecule has 0 spiro atoms. The molecule has 1 aromatic heterocycles. The number of hydrogen-bond acceptors (Lipinski definition) is 6. The number of amides is 1. The topological polar surface area (TPSA) is 90.7 Å². The number of aromatic nitrogens is 2. The third-order valence-electron chi connectivity index (χ3n) is 5.72. The first-order chi connectivity index (χ1) is 14.9. The van der Waals surface area contributed by atoms with Gasteiger partial charge in [-0.25, -0.2) is 13.4 Å². The van der Waals surface area contributed by atoms with E-state index < -0.39 is 9.84 Å². The Morgan fingerprint density at radius 3 is 2.65 bits per heavy atom. The number of sulfone groups is 1. The average molecular weight is 448 g/mol. The van der Waals surface area contributed by atoms with Crippen molar-refractivity contribution < 1.29 is 22.7 Å². The lowest BCUT2D eigenvalue weighted by Gasteiger charge is -2.23. The lowest BCUT2D eigenvalue weighted by atomic mass is 10.2. The molecule has 2 aromatic rings. The van der Waals surface area contributed by atoms with Gasteiger partial charge < -0.3 is 18.9 Å². The molecule has 31 heavy (non-hydrogen) atoms. The molecule has 0 aliphatic heterocycles. The molecule has 1 heterocycles. The molecule has 0 bridgehead atoms. The van der Waals surface area contributed by atoms with Crippen LogP contribution < -0.4 is 4.74 Å². The molecule has 1 aromatic carbocycles. The van der Waals surface area contributed by atoms with Gasteiger partial charge in [0, 0.05) is 25.6 Å². The second-order valence-corrected chi connectivity index (χ2v) is 10.1. The van der Waals surface area contributed by atoms with E-state index in [1.807, 2.05) is 4.90 Å². The number of ether oxygens (including phenoxy) is 2. The van der Waals surface area contributed by atoms with Crippen molar-refractivity contribution in [3.63, 3.8) is 0 Å². The predicted octanol–water partition coefficient (Wildman–Crippen LogP) is 2.41. The Bertz CT molecular complexity index is 1040. The first-order valence-corrected chi connectivity index (χ1v) is 12.3. The van der Waals surface area contributed by atoms with Gasteiger partial charge in [-0.05, 0) is 43.4 Å². The van der Waals surface area contributed by atoms with Crippen LogP contribution in [0.1, 0.15) is 36.9 Å². The van der Waals surface area contributed by atoms with Gasteiger partial charge in [0.05, 0.1) is 37.9 Å². The maximum Gasteiger partial charge on any atom is 0.228 e. The van der Waals surface area contributed by atoms with Gasteiger partial charge in [0.15, 0.2) is 0 Å². The minimum absolute atomic E-state index is 0.0111. The zero-order valence-corrected chi connectivity index (χ0v) is 18.8. The minimum atomic E-state index is -3.71. The summed E-state index contributed by atoms with van der Waals surface area (Å²) in [6, 6.07) is 7.27. The highest BCUT2D eigenvalue weighted by molar-refractivity contribution is 7.90. The second-order valence-electron chi connectivity index (χ2n) is 8.26. The Balaban J connectivity index is 1.61. The van der Waals surface area contributed by atoms with Crippen LogP contribution >= 0.6 is 0 Å². The summed E-state index contributed by atoms with van der Waals surface area (Å²) in [5.74, 6) is 0.741. The fourth-order valence-corrected chi connectivity index (χ4v) is 5.25. The summed E-state index contributed by atoms with van der Waals surface area (Å²) in [7, 11) is -0.581. The zero-order chi connectivity index (χ0) is 22.0. The molecule has 9 heteroatoms. The summed E-state index contributed by atoms with van der Waals surface area (Å²) >= 11 is 0. The molecule has 4 rings (SSSR count). The zero-order valence-electron chi connectivity index (χ0n) is 18.0. The molecular formula is C22H29N3O5S. The normalized spacial score (nSPS) is 16.3. The van der Waals surface area contributed by atoms with Crippen LogP contribution in [0, 0.1) is 5.92 Å². The van der Waals surface area contributed by atoms with Crippen molar-refractivity contribution in [2.45, 2.75) is 55.7 Å². The maximum atomic E-state index is 13.2. The van der Waals surface area contributed by atoms with Crippen molar-refractivity contribution in [1.29, 1.82) is 0 Å². The molecule has 2 saturated carbocycles. The van der Waals surface area contributed by atoms with Crippen LogP contribution in [0.15, 0.2) is 35.6 Å². The van der Waals surface area contributed by atoms with Crippen molar-refractivity contribution in [3.8, 4) is 5.75 Å². The van der Waals surface area contributed by atoms with E-state index >= 15 is 0 Å². The number of carbonyl (C=O) groups is 1. The number of rotatable bonds is 11. The van der Waals surface area contributed by atoms with E-state index in [9.17, 15) is 13.2 Å². The summed E-state index contributed by atoms with van der Waals surface area (Å²) < 4.78 is 38.6. The molecule has 2 aliphatic rings. The van der Waals surface area contributed by atoms with Crippen molar-refractivity contribution in [1.82, 2.24) is 14.5 Å². The number of carbonyl (C=O) groups excluding carboxylic acids is 1. The Kier molecular flexibility index (Phi) is 6.34. The second kappa shape index (κ2) is 9.00. The molecule has 0 unspecified atom stereocenters. The van der Waals surface area contributed by atoms with Crippen molar-refractivity contribution >= 4 is 15.7 Å². The number of methoxy groups -OCH3 is 2. The lowest BCUT2D eigenvalue weighted by molar-refractivity contribution is -0.133. The summed E-state index contributed by atoms with van der Waals surface area (Å²) in [6.07, 6.45) is 5.50. The number of imidazole rings is 1. The monoisotopic (exact) mass is 447 g/mol. The van der Waals surface area contributed by atoms with Crippen LogP contribution in [0.2, 0.25) is 0 Å². The molecule has 0 saturated heterocycles. The van der Waals surface area contributed by atoms with Gasteiger partial charge in [0.25, 0.3) is 0 Å². The predicted molar refractivity (Wildman–Crippen MR) is 114 cm³/mol. The van der Waals surface area contributed by atoms with Crippen LogP contribution in [0.3, 0.4) is 0 Å².